The molecule has 1 amide bonds. The van der Waals surface area contributed by atoms with Gasteiger partial charge >= 0.3 is 0 Å². The van der Waals surface area contributed by atoms with Gasteiger partial charge in [0.2, 0.25) is 0 Å². The lowest BCUT2D eigenvalue weighted by Gasteiger charge is -2.16. The molecule has 0 spiro atoms. The van der Waals surface area contributed by atoms with E-state index in [4.69, 9.17) is 16.3 Å². The van der Waals surface area contributed by atoms with Gasteiger partial charge in [0, 0.05) is 39.1 Å². The molecule has 1 heterocycles. The summed E-state index contributed by atoms with van der Waals surface area (Å²) in [6, 6.07) is 9.70. The number of ether oxygens (including phenoxy) is 1. The average molecular weight is 348 g/mol. The molecule has 24 heavy (non-hydrogen) atoms. The second-order valence-electron chi connectivity index (χ2n) is 5.72. The topological polar surface area (TPSA) is 54.5 Å². The van der Waals surface area contributed by atoms with E-state index < -0.39 is 0 Å². The third-order valence-corrected chi connectivity index (χ3v) is 3.96. The number of halogens is 1. The Morgan fingerprint density at radius 3 is 2.88 bits per heavy atom. The van der Waals surface area contributed by atoms with E-state index in [1.165, 1.54) is 4.90 Å². The van der Waals surface area contributed by atoms with Crippen LogP contribution in [0, 0.1) is 0 Å². The van der Waals surface area contributed by atoms with Gasteiger partial charge in [0.15, 0.2) is 6.61 Å². The van der Waals surface area contributed by atoms with Gasteiger partial charge < -0.3 is 15.0 Å². The van der Waals surface area contributed by atoms with Crippen LogP contribution in [-0.4, -0.2) is 36.5 Å². The number of benzene rings is 1. The van der Waals surface area contributed by atoms with Gasteiger partial charge in [-0.2, -0.15) is 0 Å². The lowest BCUT2D eigenvalue weighted by Crippen LogP contribution is -2.27. The van der Waals surface area contributed by atoms with Crippen molar-refractivity contribution in [3.05, 3.63) is 58.9 Å². The van der Waals surface area contributed by atoms with Crippen molar-refractivity contribution in [2.75, 3.05) is 20.7 Å². The normalized spacial score (nSPS) is 11.8. The van der Waals surface area contributed by atoms with Crippen LogP contribution in [0.3, 0.4) is 0 Å². The van der Waals surface area contributed by atoms with Crippen LogP contribution in [0.5, 0.6) is 5.75 Å². The number of likely N-dealkylation sites (N-methyl/N-ethyl adjacent to an activating group) is 1. The van der Waals surface area contributed by atoms with Crippen LogP contribution in [0.25, 0.3) is 0 Å². The van der Waals surface area contributed by atoms with Crippen molar-refractivity contribution in [3.8, 4) is 5.75 Å². The highest BCUT2D eigenvalue weighted by molar-refractivity contribution is 6.31. The van der Waals surface area contributed by atoms with E-state index in [9.17, 15) is 4.79 Å². The number of aromatic nitrogens is 1. The van der Waals surface area contributed by atoms with Crippen LogP contribution in [0.4, 0.5) is 0 Å². The van der Waals surface area contributed by atoms with Gasteiger partial charge in [-0.25, -0.2) is 0 Å². The average Bonchev–Trinajstić information content (AvgIpc) is 2.58. The molecule has 0 radical (unpaired) electrons. The van der Waals surface area contributed by atoms with Crippen LogP contribution >= 0.6 is 11.6 Å². The Hall–Kier alpha value is -2.11. The monoisotopic (exact) mass is 347 g/mol. The SMILES string of the molecule is CC(NCc1cccc(OCC(=O)N(C)C)c1)c1ccncc1Cl. The van der Waals surface area contributed by atoms with E-state index >= 15 is 0 Å². The summed E-state index contributed by atoms with van der Waals surface area (Å²) in [7, 11) is 3.41. The quantitative estimate of drug-likeness (QED) is 0.836. The number of hydrogen-bond donors (Lipinski definition) is 1. The molecule has 2 aromatic rings. The van der Waals surface area contributed by atoms with Crippen LogP contribution in [0.15, 0.2) is 42.7 Å². The van der Waals surface area contributed by atoms with Crippen molar-refractivity contribution in [2.45, 2.75) is 19.5 Å². The lowest BCUT2D eigenvalue weighted by atomic mass is 10.1. The Bertz CT molecular complexity index is 691. The maximum absolute atomic E-state index is 11.6. The number of carbonyl (C=O) groups is 1. The molecular formula is C18H22ClN3O2. The molecule has 6 heteroatoms. The summed E-state index contributed by atoms with van der Waals surface area (Å²) in [5.74, 6) is 0.610. The minimum Gasteiger partial charge on any atom is -0.484 e. The molecule has 128 valence electrons. The van der Waals surface area contributed by atoms with Gasteiger partial charge in [-0.1, -0.05) is 23.7 Å². The van der Waals surface area contributed by atoms with Crippen molar-refractivity contribution in [3.63, 3.8) is 0 Å². The first kappa shape index (κ1) is 18.2. The summed E-state index contributed by atoms with van der Waals surface area (Å²) in [4.78, 5) is 17.1. The second kappa shape index (κ2) is 8.66. The summed E-state index contributed by atoms with van der Waals surface area (Å²) in [6.45, 7) is 2.75. The molecule has 1 atom stereocenters. The van der Waals surface area contributed by atoms with Gasteiger partial charge in [-0.05, 0) is 36.2 Å². The largest absolute Gasteiger partial charge is 0.484 e. The van der Waals surface area contributed by atoms with Crippen LogP contribution in [0.1, 0.15) is 24.1 Å². The van der Waals surface area contributed by atoms with E-state index in [2.05, 4.69) is 17.2 Å². The Kier molecular flexibility index (Phi) is 6.58. The fourth-order valence-electron chi connectivity index (χ4n) is 2.14. The fraction of sp³-hybridized carbons (Fsp3) is 0.333. The Morgan fingerprint density at radius 2 is 2.17 bits per heavy atom. The van der Waals surface area contributed by atoms with E-state index in [1.807, 2.05) is 30.3 Å². The first-order chi connectivity index (χ1) is 11.5. The minimum absolute atomic E-state index is 0.0346. The van der Waals surface area contributed by atoms with Crippen molar-refractivity contribution >= 4 is 17.5 Å². The molecule has 1 aromatic heterocycles. The zero-order valence-corrected chi connectivity index (χ0v) is 14.9. The van der Waals surface area contributed by atoms with Gasteiger partial charge in [0.25, 0.3) is 5.91 Å². The number of pyridine rings is 1. The maximum atomic E-state index is 11.6. The zero-order chi connectivity index (χ0) is 17.5. The number of nitrogens with one attached hydrogen (secondary N) is 1. The molecule has 0 bridgehead atoms. The van der Waals surface area contributed by atoms with Crippen LogP contribution < -0.4 is 10.1 Å². The predicted molar refractivity (Wildman–Crippen MR) is 95.1 cm³/mol. The third-order valence-electron chi connectivity index (χ3n) is 3.64. The summed E-state index contributed by atoms with van der Waals surface area (Å²) in [6.07, 6.45) is 3.38. The highest BCUT2D eigenvalue weighted by Crippen LogP contribution is 2.22. The van der Waals surface area contributed by atoms with E-state index in [0.29, 0.717) is 17.3 Å². The van der Waals surface area contributed by atoms with Gasteiger partial charge in [-0.15, -0.1) is 0 Å². The molecular weight excluding hydrogens is 326 g/mol. The highest BCUT2D eigenvalue weighted by Gasteiger charge is 2.09. The number of nitrogens with zero attached hydrogens (tertiary/aromatic N) is 2. The lowest BCUT2D eigenvalue weighted by molar-refractivity contribution is -0.130. The number of carbonyl (C=O) groups excluding carboxylic acids is 1. The molecule has 0 aliphatic rings. The molecule has 2 rings (SSSR count). The predicted octanol–water partition coefficient (Wildman–Crippen LogP) is 3.05. The molecule has 1 aromatic carbocycles. The smallest absolute Gasteiger partial charge is 0.259 e. The minimum atomic E-state index is -0.0699. The summed E-state index contributed by atoms with van der Waals surface area (Å²) < 4.78 is 5.53. The zero-order valence-electron chi connectivity index (χ0n) is 14.1. The number of rotatable bonds is 7. The summed E-state index contributed by atoms with van der Waals surface area (Å²) in [5.41, 5.74) is 2.08. The summed E-state index contributed by atoms with van der Waals surface area (Å²) in [5, 5.41) is 4.07. The van der Waals surface area contributed by atoms with Gasteiger partial charge in [-0.3, -0.25) is 9.78 Å². The molecule has 5 nitrogen and oxygen atoms in total. The molecule has 0 saturated heterocycles. The molecule has 0 fully saturated rings. The number of amides is 1. The highest BCUT2D eigenvalue weighted by atomic mass is 35.5. The van der Waals surface area contributed by atoms with Gasteiger partial charge in [0.05, 0.1) is 5.02 Å². The molecule has 1 unspecified atom stereocenters. The fourth-order valence-corrected chi connectivity index (χ4v) is 2.42. The Morgan fingerprint density at radius 1 is 1.38 bits per heavy atom. The van der Waals surface area contributed by atoms with Gasteiger partial charge in [0.1, 0.15) is 5.75 Å². The molecule has 0 saturated carbocycles. The molecule has 0 aliphatic carbocycles. The van der Waals surface area contributed by atoms with Crippen molar-refractivity contribution in [2.24, 2.45) is 0 Å². The second-order valence-corrected chi connectivity index (χ2v) is 6.13. The molecule has 0 aliphatic heterocycles. The summed E-state index contributed by atoms with van der Waals surface area (Å²) >= 11 is 6.16. The van der Waals surface area contributed by atoms with Crippen molar-refractivity contribution in [1.82, 2.24) is 15.2 Å². The maximum Gasteiger partial charge on any atom is 0.259 e. The first-order valence-electron chi connectivity index (χ1n) is 7.72. The van der Waals surface area contributed by atoms with Crippen LogP contribution in [0.2, 0.25) is 5.02 Å². The van der Waals surface area contributed by atoms with Crippen LogP contribution in [-0.2, 0) is 11.3 Å². The van der Waals surface area contributed by atoms with E-state index in [1.54, 1.807) is 26.5 Å². The third kappa shape index (κ3) is 5.22. The standard InChI is InChI=1S/C18H22ClN3O2/c1-13(16-7-8-20-11-17(16)19)21-10-14-5-4-6-15(9-14)24-12-18(23)22(2)3/h4-9,11,13,21H,10,12H2,1-3H3. The van der Waals surface area contributed by atoms with Crippen molar-refractivity contribution in [1.29, 1.82) is 0 Å². The molecule has 1 N–H and O–H groups in total. The Balaban J connectivity index is 1.92. The van der Waals surface area contributed by atoms with E-state index in [0.717, 1.165) is 11.1 Å². The van der Waals surface area contributed by atoms with E-state index in [-0.39, 0.29) is 18.6 Å². The van der Waals surface area contributed by atoms with Crippen molar-refractivity contribution < 1.29 is 9.53 Å². The first-order valence-corrected chi connectivity index (χ1v) is 8.10. The number of hydrogen-bond acceptors (Lipinski definition) is 4. The Labute approximate surface area is 147 Å².